The number of nitrogens with zero attached hydrogens (tertiary/aromatic N) is 2. The minimum atomic E-state index is -1.00. The third-order valence-electron chi connectivity index (χ3n) is 3.39. The minimum absolute atomic E-state index is 0.274. The highest BCUT2D eigenvalue weighted by Gasteiger charge is 2.28. The Morgan fingerprint density at radius 2 is 2.15 bits per heavy atom. The smallest absolute Gasteiger partial charge is 0.323 e. The van der Waals surface area contributed by atoms with Gasteiger partial charge in [-0.25, -0.2) is 4.79 Å². The molecule has 0 aromatic carbocycles. The van der Waals surface area contributed by atoms with E-state index in [1.165, 1.54) is 4.90 Å². The molecule has 2 rings (SSSR count). The number of carbonyl (C=O) groups is 2. The lowest BCUT2D eigenvalue weighted by Crippen LogP contribution is -2.43. The van der Waals surface area contributed by atoms with Crippen LogP contribution in [0.1, 0.15) is 29.9 Å². The fraction of sp³-hybridized carbons (Fsp3) is 0.615. The topological polar surface area (TPSA) is 95.7 Å². The number of rotatable bonds is 6. The molecule has 1 fully saturated rings. The van der Waals surface area contributed by atoms with Crippen LogP contribution in [0, 0.1) is 19.8 Å². The molecule has 0 aliphatic heterocycles. The average Bonchev–Trinajstić information content (AvgIpc) is 3.13. The summed E-state index contributed by atoms with van der Waals surface area (Å²) in [5, 5.41) is 15.4. The van der Waals surface area contributed by atoms with Crippen molar-refractivity contribution >= 4 is 12.0 Å². The third kappa shape index (κ3) is 3.72. The highest BCUT2D eigenvalue weighted by molar-refractivity contribution is 5.80. The predicted molar refractivity (Wildman–Crippen MR) is 70.1 cm³/mol. The van der Waals surface area contributed by atoms with Crippen LogP contribution in [0.25, 0.3) is 0 Å². The Bertz CT molecular complexity index is 488. The van der Waals surface area contributed by atoms with Crippen LogP contribution in [0.5, 0.6) is 0 Å². The van der Waals surface area contributed by atoms with E-state index in [1.807, 2.05) is 0 Å². The SMILES string of the molecule is Cc1noc(C)c1CNC(=O)N(CC(=O)O)CC1CC1. The van der Waals surface area contributed by atoms with Crippen LogP contribution >= 0.6 is 0 Å². The van der Waals surface area contributed by atoms with E-state index in [9.17, 15) is 9.59 Å². The molecule has 2 amide bonds. The van der Waals surface area contributed by atoms with Crippen LogP contribution in [0.3, 0.4) is 0 Å². The fourth-order valence-corrected chi connectivity index (χ4v) is 2.02. The van der Waals surface area contributed by atoms with E-state index in [4.69, 9.17) is 9.63 Å². The summed E-state index contributed by atoms with van der Waals surface area (Å²) in [5.41, 5.74) is 1.56. The predicted octanol–water partition coefficient (Wildman–Crippen LogP) is 1.30. The maximum Gasteiger partial charge on any atom is 0.323 e. The number of aromatic nitrogens is 1. The van der Waals surface area contributed by atoms with Gasteiger partial charge in [-0.1, -0.05) is 5.16 Å². The molecule has 1 saturated carbocycles. The van der Waals surface area contributed by atoms with Gasteiger partial charge < -0.3 is 19.8 Å². The van der Waals surface area contributed by atoms with Gasteiger partial charge >= 0.3 is 12.0 Å². The number of nitrogens with one attached hydrogen (secondary N) is 1. The molecule has 2 N–H and O–H groups in total. The van der Waals surface area contributed by atoms with Gasteiger partial charge in [0.15, 0.2) is 0 Å². The van der Waals surface area contributed by atoms with Crippen molar-refractivity contribution in [2.45, 2.75) is 33.2 Å². The molecule has 1 aromatic heterocycles. The molecule has 1 aliphatic rings. The quantitative estimate of drug-likeness (QED) is 0.819. The van der Waals surface area contributed by atoms with E-state index in [0.29, 0.717) is 24.8 Å². The summed E-state index contributed by atoms with van der Waals surface area (Å²) in [5.74, 6) is 0.104. The molecule has 0 saturated heterocycles. The summed E-state index contributed by atoms with van der Waals surface area (Å²) in [6.07, 6.45) is 2.13. The monoisotopic (exact) mass is 281 g/mol. The molecule has 0 atom stereocenters. The third-order valence-corrected chi connectivity index (χ3v) is 3.39. The number of carbonyl (C=O) groups excluding carboxylic acids is 1. The Kier molecular flexibility index (Phi) is 4.26. The van der Waals surface area contributed by atoms with Crippen LogP contribution in [0.2, 0.25) is 0 Å². The zero-order chi connectivity index (χ0) is 14.7. The average molecular weight is 281 g/mol. The van der Waals surface area contributed by atoms with Gasteiger partial charge in [0.2, 0.25) is 0 Å². The highest BCUT2D eigenvalue weighted by atomic mass is 16.5. The molecule has 1 aromatic rings. The van der Waals surface area contributed by atoms with Crippen molar-refractivity contribution in [2.24, 2.45) is 5.92 Å². The Balaban J connectivity index is 1.91. The zero-order valence-corrected chi connectivity index (χ0v) is 11.7. The number of aliphatic carboxylic acids is 1. The molecule has 110 valence electrons. The first-order valence-electron chi connectivity index (χ1n) is 6.63. The number of urea groups is 1. The van der Waals surface area contributed by atoms with Crippen molar-refractivity contribution in [3.63, 3.8) is 0 Å². The van der Waals surface area contributed by atoms with Gasteiger partial charge in [0.25, 0.3) is 0 Å². The summed E-state index contributed by atoms with van der Waals surface area (Å²) in [7, 11) is 0. The first-order valence-corrected chi connectivity index (χ1v) is 6.63. The fourth-order valence-electron chi connectivity index (χ4n) is 2.02. The molecule has 7 heteroatoms. The molecular weight excluding hydrogens is 262 g/mol. The standard InChI is InChI=1S/C13H19N3O4/c1-8-11(9(2)20-15-8)5-14-13(19)16(7-12(17)18)6-10-3-4-10/h10H,3-7H2,1-2H3,(H,14,19)(H,17,18). The lowest BCUT2D eigenvalue weighted by molar-refractivity contribution is -0.137. The number of aryl methyl sites for hydroxylation is 2. The summed E-state index contributed by atoms with van der Waals surface area (Å²) in [4.78, 5) is 24.2. The first-order chi connectivity index (χ1) is 9.47. The molecule has 0 unspecified atom stereocenters. The Morgan fingerprint density at radius 1 is 1.45 bits per heavy atom. The van der Waals surface area contributed by atoms with Crippen molar-refractivity contribution < 1.29 is 19.2 Å². The summed E-state index contributed by atoms with van der Waals surface area (Å²) in [6, 6.07) is -0.362. The van der Waals surface area contributed by atoms with Gasteiger partial charge in [0.1, 0.15) is 12.3 Å². The van der Waals surface area contributed by atoms with E-state index in [2.05, 4.69) is 10.5 Å². The van der Waals surface area contributed by atoms with E-state index < -0.39 is 5.97 Å². The van der Waals surface area contributed by atoms with E-state index >= 15 is 0 Å². The van der Waals surface area contributed by atoms with Crippen molar-refractivity contribution in [1.82, 2.24) is 15.4 Å². The van der Waals surface area contributed by atoms with Crippen molar-refractivity contribution in [2.75, 3.05) is 13.1 Å². The minimum Gasteiger partial charge on any atom is -0.480 e. The zero-order valence-electron chi connectivity index (χ0n) is 11.7. The van der Waals surface area contributed by atoms with Crippen molar-refractivity contribution in [3.05, 3.63) is 17.0 Å². The van der Waals surface area contributed by atoms with Gasteiger partial charge in [0, 0.05) is 18.7 Å². The second-order valence-corrected chi connectivity index (χ2v) is 5.18. The van der Waals surface area contributed by atoms with Crippen LogP contribution in [0.4, 0.5) is 4.79 Å². The molecule has 0 bridgehead atoms. The van der Waals surface area contributed by atoms with Crippen LogP contribution in [-0.4, -0.2) is 40.3 Å². The van der Waals surface area contributed by atoms with E-state index in [1.54, 1.807) is 13.8 Å². The molecule has 1 aliphatic carbocycles. The largest absolute Gasteiger partial charge is 0.480 e. The maximum atomic E-state index is 12.1. The first kappa shape index (κ1) is 14.4. The second kappa shape index (κ2) is 5.94. The van der Waals surface area contributed by atoms with Crippen LogP contribution in [0.15, 0.2) is 4.52 Å². The van der Waals surface area contributed by atoms with Gasteiger partial charge in [-0.3, -0.25) is 4.79 Å². The molecule has 7 nitrogen and oxygen atoms in total. The normalized spacial score (nSPS) is 14.1. The summed E-state index contributed by atoms with van der Waals surface area (Å²) < 4.78 is 5.02. The summed E-state index contributed by atoms with van der Waals surface area (Å²) in [6.45, 7) is 4.10. The summed E-state index contributed by atoms with van der Waals surface area (Å²) >= 11 is 0. The molecule has 0 spiro atoms. The molecule has 0 radical (unpaired) electrons. The van der Waals surface area contributed by atoms with Crippen LogP contribution < -0.4 is 5.32 Å². The van der Waals surface area contributed by atoms with E-state index in [0.717, 1.165) is 24.1 Å². The van der Waals surface area contributed by atoms with Crippen LogP contribution in [-0.2, 0) is 11.3 Å². The number of hydrogen-bond donors (Lipinski definition) is 2. The highest BCUT2D eigenvalue weighted by Crippen LogP contribution is 2.29. The number of hydrogen-bond acceptors (Lipinski definition) is 4. The maximum absolute atomic E-state index is 12.1. The van der Waals surface area contributed by atoms with E-state index in [-0.39, 0.29) is 12.6 Å². The molecular formula is C13H19N3O4. The number of carboxylic acids is 1. The van der Waals surface area contributed by atoms with Gasteiger partial charge in [-0.15, -0.1) is 0 Å². The number of amides is 2. The van der Waals surface area contributed by atoms with Gasteiger partial charge in [-0.2, -0.15) is 0 Å². The van der Waals surface area contributed by atoms with Gasteiger partial charge in [0.05, 0.1) is 5.69 Å². The second-order valence-electron chi connectivity index (χ2n) is 5.18. The Labute approximate surface area is 116 Å². The molecule has 20 heavy (non-hydrogen) atoms. The Hall–Kier alpha value is -2.05. The van der Waals surface area contributed by atoms with Crippen molar-refractivity contribution in [3.8, 4) is 0 Å². The molecule has 1 heterocycles. The lowest BCUT2D eigenvalue weighted by Gasteiger charge is -2.21. The van der Waals surface area contributed by atoms with Crippen molar-refractivity contribution in [1.29, 1.82) is 0 Å². The van der Waals surface area contributed by atoms with Gasteiger partial charge in [-0.05, 0) is 32.6 Å². The lowest BCUT2D eigenvalue weighted by atomic mass is 10.2. The Morgan fingerprint density at radius 3 is 2.65 bits per heavy atom. The number of carboxylic acid groups (broad SMARTS) is 1.